The lowest BCUT2D eigenvalue weighted by molar-refractivity contribution is 0.201. The standard InChI is InChI=1S/C24H25FN2O4S/c1-18(2)16-27(24(28)26-21-8-4-3-5-9-21)17-19-7-6-10-22(15-19)31-32(29,30)23-13-11-20(25)12-14-23/h3-15,18H,16-17H2,1-2H3,(H,26,28). The van der Waals surface area contributed by atoms with Gasteiger partial charge in [0, 0.05) is 18.8 Å². The molecular formula is C24H25FN2O4S. The van der Waals surface area contributed by atoms with Crippen molar-refractivity contribution >= 4 is 21.8 Å². The van der Waals surface area contributed by atoms with Gasteiger partial charge in [-0.3, -0.25) is 0 Å². The van der Waals surface area contributed by atoms with Gasteiger partial charge in [0.15, 0.2) is 0 Å². The molecule has 0 heterocycles. The van der Waals surface area contributed by atoms with E-state index in [-0.39, 0.29) is 29.1 Å². The second-order valence-electron chi connectivity index (χ2n) is 7.71. The number of halogens is 1. The molecule has 6 nitrogen and oxygen atoms in total. The van der Waals surface area contributed by atoms with Gasteiger partial charge >= 0.3 is 16.1 Å². The minimum atomic E-state index is -4.11. The number of para-hydroxylation sites is 1. The lowest BCUT2D eigenvalue weighted by atomic mass is 10.1. The third kappa shape index (κ3) is 6.55. The highest BCUT2D eigenvalue weighted by molar-refractivity contribution is 7.87. The van der Waals surface area contributed by atoms with E-state index in [0.717, 1.165) is 24.3 Å². The average molecular weight is 457 g/mol. The molecule has 0 spiro atoms. The first-order valence-electron chi connectivity index (χ1n) is 10.1. The molecule has 8 heteroatoms. The van der Waals surface area contributed by atoms with Crippen LogP contribution >= 0.6 is 0 Å². The monoisotopic (exact) mass is 456 g/mol. The summed E-state index contributed by atoms with van der Waals surface area (Å²) in [7, 11) is -4.11. The smallest absolute Gasteiger partial charge is 0.339 e. The topological polar surface area (TPSA) is 75.7 Å². The number of benzene rings is 3. The van der Waals surface area contributed by atoms with Gasteiger partial charge in [-0.05, 0) is 60.0 Å². The van der Waals surface area contributed by atoms with Crippen molar-refractivity contribution in [2.45, 2.75) is 25.3 Å². The van der Waals surface area contributed by atoms with Gasteiger partial charge in [0.2, 0.25) is 0 Å². The molecule has 0 unspecified atom stereocenters. The Bertz CT molecular complexity index is 1150. The lowest BCUT2D eigenvalue weighted by Crippen LogP contribution is -2.37. The van der Waals surface area contributed by atoms with Crippen LogP contribution in [0.5, 0.6) is 5.75 Å². The molecule has 0 bridgehead atoms. The highest BCUT2D eigenvalue weighted by atomic mass is 32.2. The third-order valence-corrected chi connectivity index (χ3v) is 5.74. The normalized spacial score (nSPS) is 11.2. The molecule has 3 aromatic carbocycles. The largest absolute Gasteiger partial charge is 0.379 e. The quantitative estimate of drug-likeness (QED) is 0.468. The van der Waals surface area contributed by atoms with Crippen LogP contribution in [0.4, 0.5) is 14.9 Å². The fourth-order valence-corrected chi connectivity index (χ4v) is 4.00. The van der Waals surface area contributed by atoms with Crippen LogP contribution in [0.1, 0.15) is 19.4 Å². The Kier molecular flexibility index (Phi) is 7.48. The summed E-state index contributed by atoms with van der Waals surface area (Å²) in [6.07, 6.45) is 0. The Morgan fingerprint density at radius 3 is 2.34 bits per heavy atom. The number of nitrogens with one attached hydrogen (secondary N) is 1. The van der Waals surface area contributed by atoms with E-state index < -0.39 is 15.9 Å². The molecular weight excluding hydrogens is 431 g/mol. The predicted molar refractivity (Wildman–Crippen MR) is 121 cm³/mol. The molecule has 0 saturated carbocycles. The number of anilines is 1. The molecule has 168 valence electrons. The molecule has 0 radical (unpaired) electrons. The van der Waals surface area contributed by atoms with Crippen molar-refractivity contribution in [3.05, 3.63) is 90.2 Å². The van der Waals surface area contributed by atoms with Crippen molar-refractivity contribution in [2.75, 3.05) is 11.9 Å². The summed E-state index contributed by atoms with van der Waals surface area (Å²) < 4.78 is 43.3. The maximum Gasteiger partial charge on any atom is 0.339 e. The zero-order chi connectivity index (χ0) is 23.1. The number of rotatable bonds is 8. The third-order valence-electron chi connectivity index (χ3n) is 4.48. The number of nitrogens with zero attached hydrogens (tertiary/aromatic N) is 1. The van der Waals surface area contributed by atoms with Gasteiger partial charge in [0.1, 0.15) is 16.5 Å². The summed E-state index contributed by atoms with van der Waals surface area (Å²) in [5.74, 6) is -0.195. The molecule has 0 aliphatic carbocycles. The minimum Gasteiger partial charge on any atom is -0.379 e. The van der Waals surface area contributed by atoms with E-state index in [2.05, 4.69) is 5.32 Å². The molecule has 0 atom stereocenters. The van der Waals surface area contributed by atoms with Crippen molar-refractivity contribution in [2.24, 2.45) is 5.92 Å². The number of carbonyl (C=O) groups is 1. The van der Waals surface area contributed by atoms with E-state index in [1.807, 2.05) is 32.0 Å². The van der Waals surface area contributed by atoms with E-state index in [0.29, 0.717) is 17.8 Å². The Labute approximate surface area is 187 Å². The van der Waals surface area contributed by atoms with E-state index in [1.54, 1.807) is 35.2 Å². The van der Waals surface area contributed by atoms with Crippen LogP contribution in [0.25, 0.3) is 0 Å². The van der Waals surface area contributed by atoms with Crippen molar-refractivity contribution in [3.63, 3.8) is 0 Å². The zero-order valence-corrected chi connectivity index (χ0v) is 18.7. The predicted octanol–water partition coefficient (Wildman–Crippen LogP) is 5.28. The molecule has 0 aliphatic rings. The number of hydrogen-bond acceptors (Lipinski definition) is 4. The second kappa shape index (κ2) is 10.3. The van der Waals surface area contributed by atoms with Crippen LogP contribution in [0.15, 0.2) is 83.8 Å². The molecule has 32 heavy (non-hydrogen) atoms. The first kappa shape index (κ1) is 23.3. The van der Waals surface area contributed by atoms with Gasteiger partial charge in [-0.25, -0.2) is 9.18 Å². The molecule has 0 aliphatic heterocycles. The number of amides is 2. The summed E-state index contributed by atoms with van der Waals surface area (Å²) in [4.78, 5) is 14.3. The molecule has 2 amide bonds. The van der Waals surface area contributed by atoms with E-state index in [1.165, 1.54) is 6.07 Å². The Hall–Kier alpha value is -3.39. The van der Waals surface area contributed by atoms with Crippen molar-refractivity contribution in [1.82, 2.24) is 4.90 Å². The van der Waals surface area contributed by atoms with Gasteiger partial charge < -0.3 is 14.4 Å². The Balaban J connectivity index is 1.75. The highest BCUT2D eigenvalue weighted by Gasteiger charge is 2.19. The van der Waals surface area contributed by atoms with E-state index in [9.17, 15) is 17.6 Å². The summed E-state index contributed by atoms with van der Waals surface area (Å²) in [6.45, 7) is 4.80. The Morgan fingerprint density at radius 1 is 1.00 bits per heavy atom. The molecule has 3 aromatic rings. The molecule has 0 fully saturated rings. The molecule has 0 saturated heterocycles. The molecule has 0 aromatic heterocycles. The molecule has 3 rings (SSSR count). The van der Waals surface area contributed by atoms with Crippen LogP contribution in [0, 0.1) is 11.7 Å². The number of urea groups is 1. The zero-order valence-electron chi connectivity index (χ0n) is 17.9. The van der Waals surface area contributed by atoms with Crippen LogP contribution in [-0.2, 0) is 16.7 Å². The summed E-state index contributed by atoms with van der Waals surface area (Å²) in [5, 5.41) is 2.88. The van der Waals surface area contributed by atoms with E-state index in [4.69, 9.17) is 4.18 Å². The van der Waals surface area contributed by atoms with Crippen molar-refractivity contribution in [1.29, 1.82) is 0 Å². The summed E-state index contributed by atoms with van der Waals surface area (Å²) in [5.41, 5.74) is 1.40. The fourth-order valence-electron chi connectivity index (χ4n) is 3.08. The van der Waals surface area contributed by atoms with Crippen molar-refractivity contribution in [3.8, 4) is 5.75 Å². The van der Waals surface area contributed by atoms with Crippen molar-refractivity contribution < 1.29 is 21.8 Å². The minimum absolute atomic E-state index is 0.111. The van der Waals surface area contributed by atoms with Gasteiger partial charge in [0.25, 0.3) is 0 Å². The summed E-state index contributed by atoms with van der Waals surface area (Å²) in [6, 6.07) is 19.8. The average Bonchev–Trinajstić information content (AvgIpc) is 2.74. The maximum absolute atomic E-state index is 13.1. The van der Waals surface area contributed by atoms with Crippen LogP contribution in [0.2, 0.25) is 0 Å². The molecule has 1 N–H and O–H groups in total. The number of hydrogen-bond donors (Lipinski definition) is 1. The van der Waals surface area contributed by atoms with Gasteiger partial charge in [0.05, 0.1) is 0 Å². The lowest BCUT2D eigenvalue weighted by Gasteiger charge is -2.25. The van der Waals surface area contributed by atoms with E-state index >= 15 is 0 Å². The highest BCUT2D eigenvalue weighted by Crippen LogP contribution is 2.21. The van der Waals surface area contributed by atoms with Crippen LogP contribution < -0.4 is 9.50 Å². The number of carbonyl (C=O) groups excluding carboxylic acids is 1. The van der Waals surface area contributed by atoms with Gasteiger partial charge in [-0.2, -0.15) is 8.42 Å². The van der Waals surface area contributed by atoms with Gasteiger partial charge in [-0.1, -0.05) is 44.2 Å². The fraction of sp³-hybridized carbons (Fsp3) is 0.208. The van der Waals surface area contributed by atoms with Gasteiger partial charge in [-0.15, -0.1) is 0 Å². The SMILES string of the molecule is CC(C)CN(Cc1cccc(OS(=O)(=O)c2ccc(F)cc2)c1)C(=O)Nc1ccccc1. The van der Waals surface area contributed by atoms with Crippen LogP contribution in [0.3, 0.4) is 0 Å². The first-order valence-corrected chi connectivity index (χ1v) is 11.5. The first-order chi connectivity index (χ1) is 15.2. The second-order valence-corrected chi connectivity index (χ2v) is 9.26. The summed E-state index contributed by atoms with van der Waals surface area (Å²) >= 11 is 0. The maximum atomic E-state index is 13.1. The van der Waals surface area contributed by atoms with Crippen LogP contribution in [-0.4, -0.2) is 25.9 Å². The Morgan fingerprint density at radius 2 is 1.69 bits per heavy atom.